The van der Waals surface area contributed by atoms with E-state index in [4.69, 9.17) is 16.9 Å². The minimum atomic E-state index is -0.0775. The van der Waals surface area contributed by atoms with Crippen molar-refractivity contribution in [1.29, 1.82) is 5.26 Å². The molecule has 3 rings (SSSR count). The van der Waals surface area contributed by atoms with Crippen LogP contribution in [0.4, 0.5) is 0 Å². The summed E-state index contributed by atoms with van der Waals surface area (Å²) in [6, 6.07) is 11.3. The first-order valence-corrected chi connectivity index (χ1v) is 7.31. The zero-order valence-corrected chi connectivity index (χ0v) is 12.2. The van der Waals surface area contributed by atoms with Gasteiger partial charge in [0.05, 0.1) is 23.1 Å². The van der Waals surface area contributed by atoms with Gasteiger partial charge in [0.15, 0.2) is 0 Å². The van der Waals surface area contributed by atoms with E-state index in [2.05, 4.69) is 11.1 Å². The molecule has 1 aliphatic rings. The number of nitrogens with zero attached hydrogens (tertiary/aromatic N) is 3. The Morgan fingerprint density at radius 3 is 3.05 bits per heavy atom. The summed E-state index contributed by atoms with van der Waals surface area (Å²) in [5.74, 6) is -0.151. The highest BCUT2D eigenvalue weighted by Crippen LogP contribution is 2.24. The highest BCUT2D eigenvalue weighted by atomic mass is 35.5. The van der Waals surface area contributed by atoms with Crippen LogP contribution in [0.1, 0.15) is 23.2 Å². The Morgan fingerprint density at radius 2 is 2.24 bits per heavy atom. The number of likely N-dealkylation sites (tertiary alicyclic amines) is 1. The lowest BCUT2D eigenvalue weighted by molar-refractivity contribution is 0.0700. The third kappa shape index (κ3) is 2.70. The number of aromatic nitrogens is 1. The van der Waals surface area contributed by atoms with Crippen molar-refractivity contribution in [3.63, 3.8) is 0 Å². The van der Waals surface area contributed by atoms with Gasteiger partial charge in [0.2, 0.25) is 0 Å². The van der Waals surface area contributed by atoms with Crippen LogP contribution in [0.25, 0.3) is 10.9 Å². The van der Waals surface area contributed by atoms with Gasteiger partial charge >= 0.3 is 0 Å². The van der Waals surface area contributed by atoms with Crippen LogP contribution in [0, 0.1) is 17.2 Å². The van der Waals surface area contributed by atoms with Crippen LogP contribution in [0.15, 0.2) is 30.3 Å². The van der Waals surface area contributed by atoms with Gasteiger partial charge in [-0.2, -0.15) is 5.26 Å². The van der Waals surface area contributed by atoms with E-state index in [1.54, 1.807) is 11.0 Å². The summed E-state index contributed by atoms with van der Waals surface area (Å²) in [4.78, 5) is 18.7. The molecule has 21 heavy (non-hydrogen) atoms. The topological polar surface area (TPSA) is 57.0 Å². The van der Waals surface area contributed by atoms with Gasteiger partial charge in [0.1, 0.15) is 5.15 Å². The van der Waals surface area contributed by atoms with Crippen LogP contribution in [0.2, 0.25) is 5.15 Å². The van der Waals surface area contributed by atoms with Crippen molar-refractivity contribution in [3.8, 4) is 6.07 Å². The van der Waals surface area contributed by atoms with Gasteiger partial charge in [-0.05, 0) is 25.0 Å². The van der Waals surface area contributed by atoms with Gasteiger partial charge in [-0.15, -0.1) is 0 Å². The van der Waals surface area contributed by atoms with E-state index in [1.165, 1.54) is 0 Å². The summed E-state index contributed by atoms with van der Waals surface area (Å²) in [5, 5.41) is 10.2. The molecule has 106 valence electrons. The first-order valence-electron chi connectivity index (χ1n) is 6.93. The predicted molar refractivity (Wildman–Crippen MR) is 81.0 cm³/mol. The van der Waals surface area contributed by atoms with Gasteiger partial charge in [0.25, 0.3) is 5.91 Å². The van der Waals surface area contributed by atoms with Crippen LogP contribution in [0.5, 0.6) is 0 Å². The summed E-state index contributed by atoms with van der Waals surface area (Å²) in [6.07, 6.45) is 1.72. The Kier molecular flexibility index (Phi) is 3.76. The average molecular weight is 300 g/mol. The molecule has 1 atom stereocenters. The van der Waals surface area contributed by atoms with E-state index < -0.39 is 0 Å². The maximum Gasteiger partial charge on any atom is 0.254 e. The van der Waals surface area contributed by atoms with E-state index in [-0.39, 0.29) is 11.8 Å². The van der Waals surface area contributed by atoms with Gasteiger partial charge in [-0.25, -0.2) is 4.98 Å². The Labute approximate surface area is 127 Å². The van der Waals surface area contributed by atoms with E-state index in [1.807, 2.05) is 24.3 Å². The molecule has 1 unspecified atom stereocenters. The third-order valence-electron chi connectivity index (χ3n) is 3.81. The largest absolute Gasteiger partial charge is 0.337 e. The molecule has 0 radical (unpaired) electrons. The molecule has 1 amide bonds. The monoisotopic (exact) mass is 299 g/mol. The van der Waals surface area contributed by atoms with Crippen LogP contribution in [-0.2, 0) is 0 Å². The average Bonchev–Trinajstić information content (AvgIpc) is 2.53. The molecular formula is C16H14ClN3O. The smallest absolute Gasteiger partial charge is 0.254 e. The minimum Gasteiger partial charge on any atom is -0.337 e. The van der Waals surface area contributed by atoms with Crippen molar-refractivity contribution in [2.75, 3.05) is 13.1 Å². The SMILES string of the molecule is N#CC1CCCN(C(=O)c2cc(Cl)nc3ccccc23)C1. The first kappa shape index (κ1) is 13.8. The number of carbonyl (C=O) groups is 1. The number of benzene rings is 1. The molecule has 0 aliphatic carbocycles. The molecule has 2 aromatic rings. The lowest BCUT2D eigenvalue weighted by Crippen LogP contribution is -2.39. The number of halogens is 1. The van der Waals surface area contributed by atoms with Crippen molar-refractivity contribution in [2.45, 2.75) is 12.8 Å². The fourth-order valence-corrected chi connectivity index (χ4v) is 2.96. The molecule has 0 N–H and O–H groups in total. The minimum absolute atomic E-state index is 0.0737. The zero-order chi connectivity index (χ0) is 14.8. The van der Waals surface area contributed by atoms with Crippen LogP contribution >= 0.6 is 11.6 Å². The quantitative estimate of drug-likeness (QED) is 0.759. The summed E-state index contributed by atoms with van der Waals surface area (Å²) in [6.45, 7) is 1.18. The number of amides is 1. The Hall–Kier alpha value is -2.12. The maximum atomic E-state index is 12.8. The molecule has 4 nitrogen and oxygen atoms in total. The molecule has 1 saturated heterocycles. The van der Waals surface area contributed by atoms with E-state index in [9.17, 15) is 4.79 Å². The normalized spacial score (nSPS) is 18.5. The fraction of sp³-hybridized carbons (Fsp3) is 0.312. The number of piperidine rings is 1. The van der Waals surface area contributed by atoms with E-state index in [0.29, 0.717) is 29.3 Å². The number of fused-ring (bicyclic) bond motifs is 1. The predicted octanol–water partition coefficient (Wildman–Crippen LogP) is 3.26. The van der Waals surface area contributed by atoms with Gasteiger partial charge in [0, 0.05) is 18.5 Å². The Balaban J connectivity index is 2.00. The first-order chi connectivity index (χ1) is 10.2. The third-order valence-corrected chi connectivity index (χ3v) is 4.00. The van der Waals surface area contributed by atoms with E-state index >= 15 is 0 Å². The highest BCUT2D eigenvalue weighted by Gasteiger charge is 2.25. The number of nitriles is 1. The number of para-hydroxylation sites is 1. The molecule has 1 aliphatic heterocycles. The molecular weight excluding hydrogens is 286 g/mol. The molecule has 1 fully saturated rings. The Bertz CT molecular complexity index is 738. The van der Waals surface area contributed by atoms with Gasteiger partial charge < -0.3 is 4.90 Å². The number of pyridine rings is 1. The van der Waals surface area contributed by atoms with Crippen LogP contribution in [-0.4, -0.2) is 28.9 Å². The number of rotatable bonds is 1. The van der Waals surface area contributed by atoms with E-state index in [0.717, 1.165) is 18.2 Å². The van der Waals surface area contributed by atoms with Crippen molar-refractivity contribution >= 4 is 28.4 Å². The second kappa shape index (κ2) is 5.71. The maximum absolute atomic E-state index is 12.8. The van der Waals surface area contributed by atoms with Crippen LogP contribution in [0.3, 0.4) is 0 Å². The summed E-state index contributed by atoms with van der Waals surface area (Å²) in [7, 11) is 0. The Morgan fingerprint density at radius 1 is 1.43 bits per heavy atom. The number of hydrogen-bond donors (Lipinski definition) is 0. The molecule has 0 saturated carbocycles. The number of hydrogen-bond acceptors (Lipinski definition) is 3. The zero-order valence-electron chi connectivity index (χ0n) is 11.4. The molecule has 2 heterocycles. The van der Waals surface area contributed by atoms with Crippen molar-refractivity contribution < 1.29 is 4.79 Å². The van der Waals surface area contributed by atoms with Gasteiger partial charge in [-0.1, -0.05) is 29.8 Å². The van der Waals surface area contributed by atoms with Crippen molar-refractivity contribution in [2.24, 2.45) is 5.92 Å². The van der Waals surface area contributed by atoms with Crippen LogP contribution < -0.4 is 0 Å². The van der Waals surface area contributed by atoms with Crippen molar-refractivity contribution in [3.05, 3.63) is 41.0 Å². The lowest BCUT2D eigenvalue weighted by Gasteiger charge is -2.30. The molecule has 1 aromatic heterocycles. The molecule has 1 aromatic carbocycles. The fourth-order valence-electron chi connectivity index (χ4n) is 2.76. The molecule has 0 bridgehead atoms. The van der Waals surface area contributed by atoms with Crippen molar-refractivity contribution in [1.82, 2.24) is 9.88 Å². The standard InChI is InChI=1S/C16H14ClN3O/c17-15-8-13(12-5-1-2-6-14(12)19-15)16(21)20-7-3-4-11(9-18)10-20/h1-2,5-6,8,11H,3-4,7,10H2. The highest BCUT2D eigenvalue weighted by molar-refractivity contribution is 6.30. The lowest BCUT2D eigenvalue weighted by atomic mass is 9.98. The summed E-state index contributed by atoms with van der Waals surface area (Å²) >= 11 is 6.03. The summed E-state index contributed by atoms with van der Waals surface area (Å²) < 4.78 is 0. The second-order valence-electron chi connectivity index (χ2n) is 5.23. The molecule has 0 spiro atoms. The molecule has 5 heteroatoms. The second-order valence-corrected chi connectivity index (χ2v) is 5.62. The summed E-state index contributed by atoms with van der Waals surface area (Å²) in [5.41, 5.74) is 1.27. The van der Waals surface area contributed by atoms with Gasteiger partial charge in [-0.3, -0.25) is 4.79 Å². The number of carbonyl (C=O) groups excluding carboxylic acids is 1.